The smallest absolute Gasteiger partial charge is 0.231 e. The molecule has 0 radical (unpaired) electrons. The first-order valence-electron chi connectivity index (χ1n) is 6.64. The molecule has 20 heavy (non-hydrogen) atoms. The number of primary amides is 1. The molecule has 2 N–H and O–H groups in total. The molecule has 0 unspecified atom stereocenters. The van der Waals surface area contributed by atoms with Gasteiger partial charge in [-0.25, -0.2) is 4.39 Å². The fourth-order valence-corrected chi connectivity index (χ4v) is 2.08. The first-order valence-corrected chi connectivity index (χ1v) is 6.64. The molecule has 0 saturated heterocycles. The average Bonchev–Trinajstić information content (AvgIpc) is 2.30. The second-order valence-corrected chi connectivity index (χ2v) is 5.34. The number of halogens is 1. The lowest BCUT2D eigenvalue weighted by Gasteiger charge is -2.21. The molecule has 1 amide bonds. The van der Waals surface area contributed by atoms with E-state index in [0.717, 1.165) is 0 Å². The van der Waals surface area contributed by atoms with Crippen molar-refractivity contribution in [3.63, 3.8) is 0 Å². The number of amides is 1. The molecule has 1 rings (SSSR count). The molecule has 1 aromatic rings. The second-order valence-electron chi connectivity index (χ2n) is 5.34. The molecular weight excluding hydrogens is 259 g/mol. The topological polar surface area (TPSA) is 63.4 Å². The highest BCUT2D eigenvalue weighted by atomic mass is 19.1. The van der Waals surface area contributed by atoms with Crippen LogP contribution in [0.5, 0.6) is 0 Å². The predicted molar refractivity (Wildman–Crippen MR) is 75.6 cm³/mol. The van der Waals surface area contributed by atoms with Gasteiger partial charge in [0.1, 0.15) is 5.82 Å². The SMILES string of the molecule is CC(C)CN(CC(N)=O)CC(=O)Cc1ccccc1F. The zero-order valence-corrected chi connectivity index (χ0v) is 11.9. The normalized spacial score (nSPS) is 11.1. The molecular formula is C15H21FN2O2. The summed E-state index contributed by atoms with van der Waals surface area (Å²) in [4.78, 5) is 24.7. The zero-order valence-electron chi connectivity index (χ0n) is 11.9. The first-order chi connectivity index (χ1) is 9.38. The lowest BCUT2D eigenvalue weighted by Crippen LogP contribution is -2.39. The lowest BCUT2D eigenvalue weighted by molar-refractivity contribution is -0.122. The highest BCUT2D eigenvalue weighted by Gasteiger charge is 2.15. The van der Waals surface area contributed by atoms with Crippen molar-refractivity contribution in [2.24, 2.45) is 11.7 Å². The van der Waals surface area contributed by atoms with Gasteiger partial charge in [-0.2, -0.15) is 0 Å². The lowest BCUT2D eigenvalue weighted by atomic mass is 10.1. The Hall–Kier alpha value is -1.75. The molecule has 0 saturated carbocycles. The molecule has 0 aliphatic carbocycles. The third kappa shape index (κ3) is 5.93. The number of nitrogens with zero attached hydrogens (tertiary/aromatic N) is 1. The number of nitrogens with two attached hydrogens (primary N) is 1. The Labute approximate surface area is 118 Å². The van der Waals surface area contributed by atoms with Crippen LogP contribution in [0.1, 0.15) is 19.4 Å². The molecule has 0 aromatic heterocycles. The Kier molecular flexibility index (Phi) is 6.31. The minimum Gasteiger partial charge on any atom is -0.369 e. The van der Waals surface area contributed by atoms with Gasteiger partial charge < -0.3 is 5.73 Å². The molecule has 1 aromatic carbocycles. The largest absolute Gasteiger partial charge is 0.369 e. The summed E-state index contributed by atoms with van der Waals surface area (Å²) in [6.07, 6.45) is 0.0278. The van der Waals surface area contributed by atoms with Gasteiger partial charge in [-0.05, 0) is 17.5 Å². The summed E-state index contributed by atoms with van der Waals surface area (Å²) >= 11 is 0. The monoisotopic (exact) mass is 280 g/mol. The summed E-state index contributed by atoms with van der Waals surface area (Å²) in [5, 5.41) is 0. The number of ketones is 1. The van der Waals surface area contributed by atoms with Gasteiger partial charge in [-0.3, -0.25) is 14.5 Å². The second kappa shape index (κ2) is 7.75. The van der Waals surface area contributed by atoms with Crippen LogP contribution in [0.25, 0.3) is 0 Å². The van der Waals surface area contributed by atoms with Gasteiger partial charge in [-0.1, -0.05) is 32.0 Å². The van der Waals surface area contributed by atoms with Crippen molar-refractivity contribution < 1.29 is 14.0 Å². The van der Waals surface area contributed by atoms with Crippen molar-refractivity contribution in [1.29, 1.82) is 0 Å². The summed E-state index contributed by atoms with van der Waals surface area (Å²) in [6, 6.07) is 6.20. The summed E-state index contributed by atoms with van der Waals surface area (Å²) in [7, 11) is 0. The van der Waals surface area contributed by atoms with Gasteiger partial charge >= 0.3 is 0 Å². The number of carbonyl (C=O) groups is 2. The van der Waals surface area contributed by atoms with Crippen LogP contribution in [0.15, 0.2) is 24.3 Å². The summed E-state index contributed by atoms with van der Waals surface area (Å²) in [5.41, 5.74) is 5.55. The van der Waals surface area contributed by atoms with Gasteiger partial charge in [-0.15, -0.1) is 0 Å². The molecule has 0 aliphatic heterocycles. The standard InChI is InChI=1S/C15H21FN2O2/c1-11(2)8-18(10-15(17)20)9-13(19)7-12-5-3-4-6-14(12)16/h3-6,11H,7-10H2,1-2H3,(H2,17,20). The molecule has 0 bridgehead atoms. The Morgan fingerprint density at radius 2 is 1.90 bits per heavy atom. The average molecular weight is 280 g/mol. The van der Waals surface area contributed by atoms with Crippen LogP contribution in [0.4, 0.5) is 4.39 Å². The quantitative estimate of drug-likeness (QED) is 0.782. The van der Waals surface area contributed by atoms with Crippen molar-refractivity contribution >= 4 is 11.7 Å². The summed E-state index contributed by atoms with van der Waals surface area (Å²) in [5.74, 6) is -0.664. The molecule has 0 fully saturated rings. The van der Waals surface area contributed by atoms with E-state index in [2.05, 4.69) is 0 Å². The summed E-state index contributed by atoms with van der Waals surface area (Å²) in [6.45, 7) is 4.74. The van der Waals surface area contributed by atoms with Gasteiger partial charge in [0.15, 0.2) is 5.78 Å². The summed E-state index contributed by atoms with van der Waals surface area (Å²) < 4.78 is 13.5. The van der Waals surface area contributed by atoms with E-state index in [1.54, 1.807) is 23.1 Å². The van der Waals surface area contributed by atoms with E-state index in [4.69, 9.17) is 5.73 Å². The van der Waals surface area contributed by atoms with E-state index >= 15 is 0 Å². The maximum atomic E-state index is 13.5. The Bertz CT molecular complexity index is 475. The van der Waals surface area contributed by atoms with E-state index < -0.39 is 5.91 Å². The highest BCUT2D eigenvalue weighted by Crippen LogP contribution is 2.08. The highest BCUT2D eigenvalue weighted by molar-refractivity contribution is 5.83. The molecule has 110 valence electrons. The molecule has 0 aliphatic rings. The van der Waals surface area contributed by atoms with Crippen molar-refractivity contribution in [2.75, 3.05) is 19.6 Å². The molecule has 0 heterocycles. The Balaban J connectivity index is 2.61. The maximum absolute atomic E-state index is 13.5. The van der Waals surface area contributed by atoms with Crippen LogP contribution >= 0.6 is 0 Å². The van der Waals surface area contributed by atoms with Crippen molar-refractivity contribution in [2.45, 2.75) is 20.3 Å². The van der Waals surface area contributed by atoms with E-state index in [0.29, 0.717) is 18.0 Å². The van der Waals surface area contributed by atoms with Crippen LogP contribution in [0, 0.1) is 11.7 Å². The van der Waals surface area contributed by atoms with Crippen molar-refractivity contribution in [1.82, 2.24) is 4.90 Å². The molecule has 4 nitrogen and oxygen atoms in total. The van der Waals surface area contributed by atoms with E-state index in [1.807, 2.05) is 13.8 Å². The van der Waals surface area contributed by atoms with E-state index in [1.165, 1.54) is 6.07 Å². The number of benzene rings is 1. The van der Waals surface area contributed by atoms with Crippen LogP contribution < -0.4 is 5.73 Å². The van der Waals surface area contributed by atoms with Crippen LogP contribution in [-0.2, 0) is 16.0 Å². The third-order valence-corrected chi connectivity index (χ3v) is 2.75. The zero-order chi connectivity index (χ0) is 15.1. The molecule has 0 spiro atoms. The molecule has 0 atom stereocenters. The number of rotatable bonds is 8. The van der Waals surface area contributed by atoms with Crippen LogP contribution in [0.2, 0.25) is 0 Å². The number of hydrogen-bond acceptors (Lipinski definition) is 3. The van der Waals surface area contributed by atoms with Gasteiger partial charge in [0.2, 0.25) is 5.91 Å². The van der Waals surface area contributed by atoms with Gasteiger partial charge in [0, 0.05) is 13.0 Å². The van der Waals surface area contributed by atoms with Crippen LogP contribution in [0.3, 0.4) is 0 Å². The maximum Gasteiger partial charge on any atom is 0.231 e. The van der Waals surface area contributed by atoms with Crippen molar-refractivity contribution in [3.05, 3.63) is 35.6 Å². The van der Waals surface area contributed by atoms with Crippen LogP contribution in [-0.4, -0.2) is 36.2 Å². The fourth-order valence-electron chi connectivity index (χ4n) is 2.08. The number of hydrogen-bond donors (Lipinski definition) is 1. The van der Waals surface area contributed by atoms with Crippen molar-refractivity contribution in [3.8, 4) is 0 Å². The first kappa shape index (κ1) is 16.3. The Morgan fingerprint density at radius 1 is 1.25 bits per heavy atom. The van der Waals surface area contributed by atoms with Gasteiger partial charge in [0.05, 0.1) is 13.1 Å². The fraction of sp³-hybridized carbons (Fsp3) is 0.467. The number of carbonyl (C=O) groups excluding carboxylic acids is 2. The van der Waals surface area contributed by atoms with Gasteiger partial charge in [0.25, 0.3) is 0 Å². The molecule has 5 heteroatoms. The third-order valence-electron chi connectivity index (χ3n) is 2.75. The van der Waals surface area contributed by atoms with E-state index in [-0.39, 0.29) is 31.1 Å². The van der Waals surface area contributed by atoms with E-state index in [9.17, 15) is 14.0 Å². The minimum atomic E-state index is -0.468. The number of Topliss-reactive ketones (excluding diaryl/α,β-unsaturated/α-hetero) is 1. The predicted octanol–water partition coefficient (Wildman–Crippen LogP) is 1.38. The minimum absolute atomic E-state index is 0.0278. The Morgan fingerprint density at radius 3 is 2.45 bits per heavy atom.